The van der Waals surface area contributed by atoms with E-state index < -0.39 is 36.3 Å². The highest BCUT2D eigenvalue weighted by Crippen LogP contribution is 2.44. The van der Waals surface area contributed by atoms with Gasteiger partial charge in [0.15, 0.2) is 6.61 Å². The maximum Gasteiger partial charge on any atom is 0.338 e. The highest BCUT2D eigenvalue weighted by atomic mass is 35.5. The monoisotopic (exact) mass is 630 g/mol. The summed E-state index contributed by atoms with van der Waals surface area (Å²) in [6.07, 6.45) is 1.38. The quantitative estimate of drug-likeness (QED) is 0.0939. The molecule has 3 rings (SSSR count). The lowest BCUT2D eigenvalue weighted by Crippen LogP contribution is -2.30. The predicted octanol–water partition coefficient (Wildman–Crippen LogP) is 6.45. The number of unbranched alkanes of at least 4 members (excludes halogenated alkanes) is 2. The van der Waals surface area contributed by atoms with Crippen LogP contribution in [0.25, 0.3) is 0 Å². The summed E-state index contributed by atoms with van der Waals surface area (Å²) in [4.78, 5) is 62.5. The Kier molecular flexibility index (Phi) is 11.2. The summed E-state index contributed by atoms with van der Waals surface area (Å²) in [6, 6.07) is 6.15. The Morgan fingerprint density at radius 1 is 0.825 bits per heavy atom. The minimum absolute atomic E-state index is 0.0471. The number of fused-ring (bicyclic) bond motifs is 1. The van der Waals surface area contributed by atoms with Crippen molar-refractivity contribution in [3.05, 3.63) is 61.0 Å². The Balaban J connectivity index is 1.36. The van der Waals surface area contributed by atoms with Crippen LogP contribution < -0.4 is 5.32 Å². The molecule has 3 amide bonds. The summed E-state index contributed by atoms with van der Waals surface area (Å²) < 4.78 is 10.2. The molecule has 0 atom stereocenters. The van der Waals surface area contributed by atoms with E-state index in [0.717, 1.165) is 4.90 Å². The second-order valence-electron chi connectivity index (χ2n) is 9.36. The SMILES string of the molecule is CC(C)COC(=O)c1ccc(NC(=O)COC(=O)CCCCCN2C(=O)c3c(Cl)c(Cl)c(Cl)c(Cl)c3C2=O)cc1. The Morgan fingerprint density at radius 2 is 1.40 bits per heavy atom. The van der Waals surface area contributed by atoms with Gasteiger partial charge in [-0.25, -0.2) is 4.79 Å². The van der Waals surface area contributed by atoms with Gasteiger partial charge in [-0.2, -0.15) is 0 Å². The number of carbonyl (C=O) groups excluding carboxylic acids is 5. The number of nitrogens with zero attached hydrogens (tertiary/aromatic N) is 1. The lowest BCUT2D eigenvalue weighted by molar-refractivity contribution is -0.147. The van der Waals surface area contributed by atoms with Crippen molar-refractivity contribution in [3.8, 4) is 0 Å². The molecule has 1 N–H and O–H groups in total. The zero-order valence-electron chi connectivity index (χ0n) is 21.7. The summed E-state index contributed by atoms with van der Waals surface area (Å²) in [5.41, 5.74) is 0.636. The maximum atomic E-state index is 12.7. The van der Waals surface area contributed by atoms with Crippen LogP contribution in [0.1, 0.15) is 70.6 Å². The van der Waals surface area contributed by atoms with Crippen molar-refractivity contribution >= 4 is 81.8 Å². The van der Waals surface area contributed by atoms with Crippen LogP contribution in [0, 0.1) is 5.92 Å². The molecule has 40 heavy (non-hydrogen) atoms. The summed E-state index contributed by atoms with van der Waals surface area (Å²) in [5.74, 6) is -2.56. The number of amides is 3. The van der Waals surface area contributed by atoms with Gasteiger partial charge in [0.1, 0.15) is 0 Å². The van der Waals surface area contributed by atoms with E-state index in [4.69, 9.17) is 55.9 Å². The average molecular weight is 632 g/mol. The molecule has 0 spiro atoms. The summed E-state index contributed by atoms with van der Waals surface area (Å²) in [7, 11) is 0. The molecule has 2 aromatic carbocycles. The molecule has 0 fully saturated rings. The molecule has 0 saturated carbocycles. The van der Waals surface area contributed by atoms with Crippen LogP contribution in [0.5, 0.6) is 0 Å². The molecule has 1 heterocycles. The van der Waals surface area contributed by atoms with Crippen LogP contribution in [0.2, 0.25) is 20.1 Å². The second kappa shape index (κ2) is 14.2. The van der Waals surface area contributed by atoms with Gasteiger partial charge in [-0.15, -0.1) is 0 Å². The van der Waals surface area contributed by atoms with Crippen LogP contribution >= 0.6 is 46.4 Å². The van der Waals surface area contributed by atoms with Gasteiger partial charge in [0.25, 0.3) is 17.7 Å². The van der Waals surface area contributed by atoms with E-state index in [1.165, 1.54) is 12.1 Å². The molecule has 0 aliphatic carbocycles. The molecule has 0 saturated heterocycles. The van der Waals surface area contributed by atoms with Crippen molar-refractivity contribution in [3.63, 3.8) is 0 Å². The molecule has 9 nitrogen and oxygen atoms in total. The first kappa shape index (κ1) is 31.7. The van der Waals surface area contributed by atoms with E-state index in [2.05, 4.69) is 5.32 Å². The van der Waals surface area contributed by atoms with Gasteiger partial charge in [0.2, 0.25) is 0 Å². The van der Waals surface area contributed by atoms with Crippen molar-refractivity contribution in [1.29, 1.82) is 0 Å². The minimum atomic E-state index is -0.614. The van der Waals surface area contributed by atoms with E-state index in [1.807, 2.05) is 13.8 Å². The Bertz CT molecular complexity index is 1280. The zero-order valence-corrected chi connectivity index (χ0v) is 24.7. The fourth-order valence-corrected chi connectivity index (χ4v) is 4.76. The van der Waals surface area contributed by atoms with Crippen molar-refractivity contribution in [2.45, 2.75) is 39.5 Å². The molecule has 1 aliphatic heterocycles. The summed E-state index contributed by atoms with van der Waals surface area (Å²) >= 11 is 24.3. The third kappa shape index (κ3) is 7.66. The van der Waals surface area contributed by atoms with Gasteiger partial charge >= 0.3 is 11.9 Å². The number of hydrogen-bond acceptors (Lipinski definition) is 7. The largest absolute Gasteiger partial charge is 0.462 e. The number of halogens is 4. The van der Waals surface area contributed by atoms with Crippen molar-refractivity contribution in [1.82, 2.24) is 4.90 Å². The topological polar surface area (TPSA) is 119 Å². The first-order valence-electron chi connectivity index (χ1n) is 12.4. The lowest BCUT2D eigenvalue weighted by atomic mass is 10.1. The number of anilines is 1. The van der Waals surface area contributed by atoms with E-state index in [9.17, 15) is 24.0 Å². The molecule has 0 radical (unpaired) electrons. The van der Waals surface area contributed by atoms with Crippen LogP contribution in [0.4, 0.5) is 5.69 Å². The number of nitrogens with one attached hydrogen (secondary N) is 1. The molecule has 1 aliphatic rings. The van der Waals surface area contributed by atoms with Crippen LogP contribution in [0.15, 0.2) is 24.3 Å². The Hall–Kier alpha value is -2.85. The molecule has 2 aromatic rings. The molecule has 0 unspecified atom stereocenters. The Labute approximate surface area is 251 Å². The maximum absolute atomic E-state index is 12.7. The average Bonchev–Trinajstić information content (AvgIpc) is 3.17. The van der Waals surface area contributed by atoms with Crippen molar-refractivity contribution in [2.75, 3.05) is 25.1 Å². The molecular formula is C27H26Cl4N2O7. The molecule has 214 valence electrons. The third-order valence-corrected chi connectivity index (χ3v) is 7.57. The van der Waals surface area contributed by atoms with E-state index in [0.29, 0.717) is 37.1 Å². The molecule has 0 aromatic heterocycles. The van der Waals surface area contributed by atoms with Crippen LogP contribution in [-0.2, 0) is 19.1 Å². The number of imide groups is 1. The Morgan fingerprint density at radius 3 is 1.95 bits per heavy atom. The third-order valence-electron chi connectivity index (χ3n) is 5.76. The van der Waals surface area contributed by atoms with Crippen LogP contribution in [-0.4, -0.2) is 54.3 Å². The fourth-order valence-electron chi connectivity index (χ4n) is 3.75. The van der Waals surface area contributed by atoms with Gasteiger partial charge in [-0.1, -0.05) is 66.7 Å². The molecular weight excluding hydrogens is 606 g/mol. The number of ether oxygens (including phenoxy) is 2. The normalized spacial score (nSPS) is 12.5. The van der Waals surface area contributed by atoms with Gasteiger partial charge in [0.05, 0.1) is 43.4 Å². The zero-order chi connectivity index (χ0) is 29.6. The summed E-state index contributed by atoms with van der Waals surface area (Å²) in [6.45, 7) is 3.79. The standard InChI is InChI=1S/C27H26Cl4N2O7/c1-14(2)12-40-27(38)15-7-9-16(10-8-15)32-17(34)13-39-18(35)6-4-3-5-11-33-25(36)19-20(26(33)37)22(29)24(31)23(30)21(19)28/h7-10,14H,3-6,11-13H2,1-2H3,(H,32,34). The van der Waals surface area contributed by atoms with Gasteiger partial charge in [-0.05, 0) is 43.0 Å². The number of rotatable bonds is 12. The molecule has 0 bridgehead atoms. The summed E-state index contributed by atoms with van der Waals surface area (Å²) in [5, 5.41) is 2.13. The van der Waals surface area contributed by atoms with Crippen molar-refractivity contribution in [2.24, 2.45) is 5.92 Å². The first-order chi connectivity index (χ1) is 18.9. The second-order valence-corrected chi connectivity index (χ2v) is 10.9. The van der Waals surface area contributed by atoms with E-state index in [-0.39, 0.29) is 50.1 Å². The van der Waals surface area contributed by atoms with Crippen molar-refractivity contribution < 1.29 is 33.4 Å². The van der Waals surface area contributed by atoms with E-state index >= 15 is 0 Å². The number of benzene rings is 2. The minimum Gasteiger partial charge on any atom is -0.462 e. The van der Waals surface area contributed by atoms with E-state index in [1.54, 1.807) is 12.1 Å². The number of carbonyl (C=O) groups is 5. The predicted molar refractivity (Wildman–Crippen MR) is 151 cm³/mol. The first-order valence-corrected chi connectivity index (χ1v) is 13.9. The highest BCUT2D eigenvalue weighted by Gasteiger charge is 2.41. The number of hydrogen-bond donors (Lipinski definition) is 1. The fraction of sp³-hybridized carbons (Fsp3) is 0.370. The highest BCUT2D eigenvalue weighted by molar-refractivity contribution is 6.55. The van der Waals surface area contributed by atoms with Crippen LogP contribution in [0.3, 0.4) is 0 Å². The smallest absolute Gasteiger partial charge is 0.338 e. The lowest BCUT2D eigenvalue weighted by Gasteiger charge is -2.13. The molecule has 13 heteroatoms. The van der Waals surface area contributed by atoms with Gasteiger partial charge in [0, 0.05) is 18.7 Å². The number of esters is 2. The van der Waals surface area contributed by atoms with Gasteiger partial charge < -0.3 is 14.8 Å². The van der Waals surface area contributed by atoms with Gasteiger partial charge in [-0.3, -0.25) is 24.1 Å².